The van der Waals surface area contributed by atoms with Gasteiger partial charge in [0.1, 0.15) is 0 Å². The summed E-state index contributed by atoms with van der Waals surface area (Å²) in [6, 6.07) is 10.0. The summed E-state index contributed by atoms with van der Waals surface area (Å²) in [4.78, 5) is 24.0. The maximum Gasteiger partial charge on any atom is 0.259 e. The van der Waals surface area contributed by atoms with Gasteiger partial charge in [-0.15, -0.1) is 0 Å². The molecule has 0 saturated heterocycles. The van der Waals surface area contributed by atoms with Crippen molar-refractivity contribution < 1.29 is 28.5 Å². The monoisotopic (exact) mass is 385 g/mol. The number of carbonyl (C=O) groups is 2. The Labute approximate surface area is 161 Å². The third-order valence-electron chi connectivity index (χ3n) is 3.85. The van der Waals surface area contributed by atoms with Gasteiger partial charge in [0.25, 0.3) is 11.8 Å². The van der Waals surface area contributed by atoms with Crippen LogP contribution in [0.3, 0.4) is 0 Å². The summed E-state index contributed by atoms with van der Waals surface area (Å²) in [5.41, 5.74) is 3.42. The molecule has 146 valence electrons. The number of nitrogens with one attached hydrogen (secondary N) is 2. The van der Waals surface area contributed by atoms with Crippen molar-refractivity contribution in [2.24, 2.45) is 5.10 Å². The molecule has 0 radical (unpaired) electrons. The van der Waals surface area contributed by atoms with E-state index in [2.05, 4.69) is 15.8 Å². The van der Waals surface area contributed by atoms with E-state index in [0.717, 1.165) is 5.56 Å². The summed E-state index contributed by atoms with van der Waals surface area (Å²) in [6.45, 7) is -0.0436. The van der Waals surface area contributed by atoms with Crippen LogP contribution in [0, 0.1) is 0 Å². The largest absolute Gasteiger partial charge is 0.493 e. The lowest BCUT2D eigenvalue weighted by atomic mass is 10.2. The Morgan fingerprint density at radius 3 is 2.64 bits per heavy atom. The average Bonchev–Trinajstić information content (AvgIpc) is 3.19. The molecule has 9 heteroatoms. The van der Waals surface area contributed by atoms with Gasteiger partial charge >= 0.3 is 0 Å². The highest BCUT2D eigenvalue weighted by atomic mass is 16.7. The summed E-state index contributed by atoms with van der Waals surface area (Å²) in [5.74, 6) is 1.33. The number of fused-ring (bicyclic) bond motifs is 1. The number of rotatable bonds is 7. The van der Waals surface area contributed by atoms with E-state index in [1.165, 1.54) is 26.5 Å². The van der Waals surface area contributed by atoms with Crippen molar-refractivity contribution >= 4 is 18.0 Å². The molecule has 0 bridgehead atoms. The minimum absolute atomic E-state index is 0.187. The molecule has 0 aliphatic carbocycles. The first-order valence-electron chi connectivity index (χ1n) is 8.32. The highest BCUT2D eigenvalue weighted by Crippen LogP contribution is 2.32. The molecular weight excluding hydrogens is 366 g/mol. The van der Waals surface area contributed by atoms with Gasteiger partial charge < -0.3 is 24.3 Å². The number of amides is 2. The normalized spacial score (nSPS) is 11.9. The zero-order valence-electron chi connectivity index (χ0n) is 15.4. The van der Waals surface area contributed by atoms with Gasteiger partial charge in [-0.25, -0.2) is 5.43 Å². The third-order valence-corrected chi connectivity index (χ3v) is 3.85. The Hall–Kier alpha value is -3.75. The maximum absolute atomic E-state index is 12.2. The van der Waals surface area contributed by atoms with Crippen LogP contribution in [0.5, 0.6) is 23.0 Å². The second-order valence-electron chi connectivity index (χ2n) is 5.66. The van der Waals surface area contributed by atoms with Crippen LogP contribution in [0.15, 0.2) is 41.5 Å². The molecule has 0 aromatic heterocycles. The zero-order valence-corrected chi connectivity index (χ0v) is 15.4. The second kappa shape index (κ2) is 8.76. The van der Waals surface area contributed by atoms with Crippen LogP contribution >= 0.6 is 0 Å². The highest BCUT2D eigenvalue weighted by molar-refractivity contribution is 5.97. The van der Waals surface area contributed by atoms with Crippen LogP contribution in [0.1, 0.15) is 15.9 Å². The van der Waals surface area contributed by atoms with Crippen LogP contribution in [-0.4, -0.2) is 45.6 Å². The molecule has 0 atom stereocenters. The summed E-state index contributed by atoms with van der Waals surface area (Å²) in [5, 5.41) is 6.37. The van der Waals surface area contributed by atoms with E-state index >= 15 is 0 Å². The number of hydrazone groups is 1. The quantitative estimate of drug-likeness (QED) is 0.550. The van der Waals surface area contributed by atoms with Gasteiger partial charge in [0.15, 0.2) is 23.0 Å². The van der Waals surface area contributed by atoms with E-state index in [1.54, 1.807) is 30.3 Å². The lowest BCUT2D eigenvalue weighted by Crippen LogP contribution is -2.34. The third kappa shape index (κ3) is 4.50. The first kappa shape index (κ1) is 19.0. The number of benzene rings is 2. The molecule has 0 unspecified atom stereocenters. The van der Waals surface area contributed by atoms with E-state index in [-0.39, 0.29) is 13.3 Å². The molecule has 2 aromatic rings. The maximum atomic E-state index is 12.2. The van der Waals surface area contributed by atoms with Gasteiger partial charge in [0, 0.05) is 5.56 Å². The summed E-state index contributed by atoms with van der Waals surface area (Å²) in [7, 11) is 2.98. The molecule has 0 spiro atoms. The van der Waals surface area contributed by atoms with Gasteiger partial charge in [0.05, 0.1) is 27.0 Å². The number of hydrogen-bond donors (Lipinski definition) is 2. The lowest BCUT2D eigenvalue weighted by molar-refractivity contribution is -0.120. The van der Waals surface area contributed by atoms with E-state index in [1.807, 2.05) is 0 Å². The number of hydrogen-bond acceptors (Lipinski definition) is 7. The van der Waals surface area contributed by atoms with Crippen LogP contribution in [0.4, 0.5) is 0 Å². The standard InChI is InChI=1S/C19H19N3O6/c1-25-14-6-4-13(8-16(14)26-2)19(24)20-10-18(23)22-21-9-12-3-5-15-17(7-12)28-11-27-15/h3-9H,10-11H2,1-2H3,(H,20,24)(H,22,23)/b21-9+. The van der Waals surface area contributed by atoms with Crippen molar-refractivity contribution in [3.8, 4) is 23.0 Å². The molecule has 2 aromatic carbocycles. The van der Waals surface area contributed by atoms with Crippen LogP contribution in [-0.2, 0) is 4.79 Å². The first-order valence-corrected chi connectivity index (χ1v) is 8.32. The Bertz CT molecular complexity index is 913. The number of nitrogens with zero attached hydrogens (tertiary/aromatic N) is 1. The minimum atomic E-state index is -0.467. The second-order valence-corrected chi connectivity index (χ2v) is 5.66. The minimum Gasteiger partial charge on any atom is -0.493 e. The molecule has 2 N–H and O–H groups in total. The van der Waals surface area contributed by atoms with Crippen molar-refractivity contribution in [3.63, 3.8) is 0 Å². The van der Waals surface area contributed by atoms with E-state index in [4.69, 9.17) is 18.9 Å². The van der Waals surface area contributed by atoms with Gasteiger partial charge in [-0.1, -0.05) is 0 Å². The van der Waals surface area contributed by atoms with Crippen molar-refractivity contribution in [1.82, 2.24) is 10.7 Å². The Morgan fingerprint density at radius 1 is 1.07 bits per heavy atom. The molecule has 2 amide bonds. The van der Waals surface area contributed by atoms with Crippen LogP contribution in [0.25, 0.3) is 0 Å². The molecule has 3 rings (SSSR count). The summed E-state index contributed by atoms with van der Waals surface area (Å²) >= 11 is 0. The van der Waals surface area contributed by atoms with Gasteiger partial charge in [-0.3, -0.25) is 9.59 Å². The molecular formula is C19H19N3O6. The van der Waals surface area contributed by atoms with Gasteiger partial charge in [-0.2, -0.15) is 5.10 Å². The first-order chi connectivity index (χ1) is 13.6. The van der Waals surface area contributed by atoms with Crippen molar-refractivity contribution in [2.75, 3.05) is 27.6 Å². The van der Waals surface area contributed by atoms with E-state index in [9.17, 15) is 9.59 Å². The summed E-state index contributed by atoms with van der Waals surface area (Å²) < 4.78 is 20.8. The zero-order chi connectivity index (χ0) is 19.9. The predicted octanol–water partition coefficient (Wildman–Crippen LogP) is 1.31. The number of methoxy groups -OCH3 is 2. The molecule has 1 aliphatic heterocycles. The summed E-state index contributed by atoms with van der Waals surface area (Å²) in [6.07, 6.45) is 1.47. The fourth-order valence-corrected chi connectivity index (χ4v) is 2.45. The fourth-order valence-electron chi connectivity index (χ4n) is 2.45. The lowest BCUT2D eigenvalue weighted by Gasteiger charge is -2.09. The van der Waals surface area contributed by atoms with Gasteiger partial charge in [-0.05, 0) is 42.0 Å². The average molecular weight is 385 g/mol. The number of ether oxygens (including phenoxy) is 4. The predicted molar refractivity (Wildman–Crippen MR) is 100 cm³/mol. The molecule has 28 heavy (non-hydrogen) atoms. The fraction of sp³-hybridized carbons (Fsp3) is 0.211. The van der Waals surface area contributed by atoms with Crippen molar-refractivity contribution in [3.05, 3.63) is 47.5 Å². The smallest absolute Gasteiger partial charge is 0.259 e. The van der Waals surface area contributed by atoms with E-state index < -0.39 is 11.8 Å². The Balaban J connectivity index is 1.49. The topological polar surface area (TPSA) is 107 Å². The molecule has 0 saturated carbocycles. The molecule has 1 aliphatic rings. The highest BCUT2D eigenvalue weighted by Gasteiger charge is 2.13. The molecule has 9 nitrogen and oxygen atoms in total. The van der Waals surface area contributed by atoms with Crippen molar-refractivity contribution in [2.45, 2.75) is 0 Å². The Kier molecular flexibility index (Phi) is 5.95. The van der Waals surface area contributed by atoms with E-state index in [0.29, 0.717) is 28.6 Å². The van der Waals surface area contributed by atoms with Crippen molar-refractivity contribution in [1.29, 1.82) is 0 Å². The van der Waals surface area contributed by atoms with Gasteiger partial charge in [0.2, 0.25) is 6.79 Å². The van der Waals surface area contributed by atoms with Crippen LogP contribution < -0.4 is 29.7 Å². The number of carbonyl (C=O) groups excluding carboxylic acids is 2. The Morgan fingerprint density at radius 2 is 1.86 bits per heavy atom. The van der Waals surface area contributed by atoms with Crippen LogP contribution in [0.2, 0.25) is 0 Å². The molecule has 0 fully saturated rings. The molecule has 1 heterocycles. The SMILES string of the molecule is COc1ccc(C(=O)NCC(=O)N/N=C/c2ccc3c(c2)OCO3)cc1OC.